The summed E-state index contributed by atoms with van der Waals surface area (Å²) in [5, 5.41) is 9.98. The van der Waals surface area contributed by atoms with Crippen LogP contribution >= 0.6 is 0 Å². The van der Waals surface area contributed by atoms with Crippen molar-refractivity contribution in [2.24, 2.45) is 0 Å². The molecular weight excluding hydrogens is 375 g/mol. The molecule has 0 aromatic rings. The van der Waals surface area contributed by atoms with Gasteiger partial charge in [-0.2, -0.15) is 0 Å². The Hall–Kier alpha value is -0.0269. The van der Waals surface area contributed by atoms with Gasteiger partial charge in [-0.05, 0) is 13.0 Å². The van der Waals surface area contributed by atoms with E-state index in [2.05, 4.69) is 20.8 Å². The van der Waals surface area contributed by atoms with Crippen LogP contribution in [-0.2, 0) is 36.3 Å². The van der Waals surface area contributed by atoms with Crippen molar-refractivity contribution in [3.63, 3.8) is 0 Å². The van der Waals surface area contributed by atoms with Crippen LogP contribution in [-0.4, -0.2) is 25.6 Å². The van der Waals surface area contributed by atoms with Gasteiger partial charge in [-0.25, -0.2) is 0 Å². The van der Waals surface area contributed by atoms with Crippen LogP contribution in [0.15, 0.2) is 11.8 Å². The summed E-state index contributed by atoms with van der Waals surface area (Å²) in [4.78, 5) is 9.98. The molecule has 0 aliphatic heterocycles. The number of allylic oxidation sites excluding steroid dienone is 2. The van der Waals surface area contributed by atoms with Crippen molar-refractivity contribution in [2.45, 2.75) is 73.1 Å². The molecule has 0 aliphatic rings. The van der Waals surface area contributed by atoms with Gasteiger partial charge < -0.3 is 5.11 Å². The first-order valence-electron chi connectivity index (χ1n) is 8.59. The number of hydrogen-bond acceptors (Lipinski definition) is 5. The normalized spacial score (nSPS) is 10.9. The molecule has 6 heteroatoms. The fourth-order valence-corrected chi connectivity index (χ4v) is 4.22. The molecule has 0 aromatic heterocycles. The zero-order valence-electron chi connectivity index (χ0n) is 15.5. The van der Waals surface area contributed by atoms with Crippen LogP contribution in [0.3, 0.4) is 0 Å². The summed E-state index contributed by atoms with van der Waals surface area (Å²) in [6.07, 6.45) is 7.89. The van der Waals surface area contributed by atoms with Crippen molar-refractivity contribution in [3.05, 3.63) is 11.8 Å². The summed E-state index contributed by atoms with van der Waals surface area (Å²) in [6.45, 7) is 11.6. The number of unbranched alkanes of at least 4 members (excludes halogenated alkanes) is 3. The molecule has 0 bridgehead atoms. The van der Waals surface area contributed by atoms with Gasteiger partial charge in [0.1, 0.15) is 0 Å². The molecule has 0 rings (SSSR count). The molecule has 0 heterocycles. The molecule has 0 N–H and O–H groups in total. The Morgan fingerprint density at radius 3 is 1.39 bits per heavy atom. The molecule has 0 spiro atoms. The number of carbonyl (C=O) groups excluding carboxylic acids is 1. The molecule has 0 aromatic carbocycles. The van der Waals surface area contributed by atoms with Crippen molar-refractivity contribution < 1.29 is 41.4 Å². The predicted molar refractivity (Wildman–Crippen MR) is 87.0 cm³/mol. The first-order chi connectivity index (χ1) is 11.0. The molecule has 136 valence electrons. The maximum absolute atomic E-state index is 9.98. The van der Waals surface area contributed by atoms with E-state index < -0.39 is 23.1 Å². The van der Waals surface area contributed by atoms with Crippen molar-refractivity contribution in [1.29, 1.82) is 0 Å². The van der Waals surface area contributed by atoms with Gasteiger partial charge in [0.15, 0.2) is 5.78 Å². The van der Waals surface area contributed by atoms with Crippen LogP contribution in [0.25, 0.3) is 0 Å². The fraction of sp³-hybridized carbons (Fsp3) is 0.824. The topological polar surface area (TPSA) is 67.8 Å². The Kier molecular flexibility index (Phi) is 21.9. The summed E-state index contributed by atoms with van der Waals surface area (Å²) in [6, 6.07) is 0. The van der Waals surface area contributed by atoms with E-state index in [0.717, 1.165) is 45.2 Å². The minimum absolute atomic E-state index is 0.187. The molecule has 0 unspecified atom stereocenters. The summed E-state index contributed by atoms with van der Waals surface area (Å²) >= 11 is -2.40. The molecule has 0 atom stereocenters. The Morgan fingerprint density at radius 2 is 1.22 bits per heavy atom. The van der Waals surface area contributed by atoms with E-state index in [0.29, 0.717) is 0 Å². The van der Waals surface area contributed by atoms with Gasteiger partial charge in [-0.1, -0.05) is 6.92 Å². The van der Waals surface area contributed by atoms with Gasteiger partial charge in [0, 0.05) is 0 Å². The standard InChI is InChI=1S/C5H8O2.3C4H9O.Zr/c1-4(6)3-5(2)7;3*1-2-3-4-5;/h3,6H,1-2H3;3*2-4H2,1H3;/q;3*-1;+4/p-1/b4-3-;;;;. The zero-order valence-corrected chi connectivity index (χ0v) is 17.9. The first-order valence-corrected chi connectivity index (χ1v) is 11.6. The van der Waals surface area contributed by atoms with Crippen LogP contribution in [0.4, 0.5) is 0 Å². The van der Waals surface area contributed by atoms with Gasteiger partial charge in [-0.3, -0.25) is 4.79 Å². The third kappa shape index (κ3) is 24.4. The van der Waals surface area contributed by atoms with E-state index in [-0.39, 0.29) is 11.5 Å². The molecule has 0 radical (unpaired) electrons. The molecule has 0 saturated heterocycles. The van der Waals surface area contributed by atoms with Gasteiger partial charge in [0.2, 0.25) is 0 Å². The van der Waals surface area contributed by atoms with Gasteiger partial charge >= 0.3 is 111 Å². The van der Waals surface area contributed by atoms with Crippen LogP contribution in [0, 0.1) is 0 Å². The molecule has 5 nitrogen and oxygen atoms in total. The van der Waals surface area contributed by atoms with E-state index in [1.807, 2.05) is 0 Å². The molecule has 23 heavy (non-hydrogen) atoms. The van der Waals surface area contributed by atoms with Gasteiger partial charge in [0.05, 0.1) is 0 Å². The van der Waals surface area contributed by atoms with Crippen LogP contribution in [0.2, 0.25) is 0 Å². The SMILES string of the molecule is CC(=O)/C=C(/C)[O-].CCCC[O][Zr+]([O]CCCC)[O]CCCC. The Bertz CT molecular complexity index is 267. The number of carbonyl (C=O) groups is 1. The van der Waals surface area contributed by atoms with E-state index in [4.69, 9.17) is 8.44 Å². The minimum atomic E-state index is -2.40. The van der Waals surface area contributed by atoms with E-state index in [9.17, 15) is 9.90 Å². The summed E-state index contributed by atoms with van der Waals surface area (Å²) < 4.78 is 17.2. The van der Waals surface area contributed by atoms with Gasteiger partial charge in [0.25, 0.3) is 0 Å². The monoisotopic (exact) mass is 408 g/mol. The van der Waals surface area contributed by atoms with Crippen LogP contribution in [0.1, 0.15) is 73.1 Å². The van der Waals surface area contributed by atoms with E-state index in [1.165, 1.54) is 33.1 Å². The number of hydrogen-bond donors (Lipinski definition) is 0. The third-order valence-electron chi connectivity index (χ3n) is 2.56. The Balaban J connectivity index is 0. The zero-order chi connectivity index (χ0) is 17.9. The van der Waals surface area contributed by atoms with Gasteiger partial charge in [-0.15, -0.1) is 5.76 Å². The quantitative estimate of drug-likeness (QED) is 0.264. The van der Waals surface area contributed by atoms with Crippen molar-refractivity contribution in [2.75, 3.05) is 19.8 Å². The van der Waals surface area contributed by atoms with E-state index >= 15 is 0 Å². The third-order valence-corrected chi connectivity index (χ3v) is 5.80. The van der Waals surface area contributed by atoms with Crippen molar-refractivity contribution >= 4 is 5.78 Å². The van der Waals surface area contributed by atoms with Crippen LogP contribution < -0.4 is 5.11 Å². The number of ketones is 1. The average molecular weight is 410 g/mol. The second-order valence-corrected chi connectivity index (χ2v) is 8.58. The Labute approximate surface area is 151 Å². The first kappa shape index (κ1) is 25.2. The number of rotatable bonds is 13. The maximum atomic E-state index is 9.98. The van der Waals surface area contributed by atoms with Crippen LogP contribution in [0.5, 0.6) is 0 Å². The van der Waals surface area contributed by atoms with E-state index in [1.54, 1.807) is 0 Å². The molecule has 0 fully saturated rings. The predicted octanol–water partition coefficient (Wildman–Crippen LogP) is 3.64. The second-order valence-electron chi connectivity index (χ2n) is 5.22. The molecule has 0 saturated carbocycles. The summed E-state index contributed by atoms with van der Waals surface area (Å²) in [7, 11) is 0. The summed E-state index contributed by atoms with van der Waals surface area (Å²) in [5.41, 5.74) is 0. The molecular formula is C17H34O5Zr. The Morgan fingerprint density at radius 1 is 0.870 bits per heavy atom. The second kappa shape index (κ2) is 20.0. The molecule has 0 amide bonds. The molecule has 0 aliphatic carbocycles. The van der Waals surface area contributed by atoms with Crippen molar-refractivity contribution in [1.82, 2.24) is 0 Å². The van der Waals surface area contributed by atoms with Crippen molar-refractivity contribution in [3.8, 4) is 0 Å². The average Bonchev–Trinajstić information content (AvgIpc) is 2.46. The fourth-order valence-electron chi connectivity index (χ4n) is 1.31. The summed E-state index contributed by atoms with van der Waals surface area (Å²) in [5.74, 6) is -0.375.